The van der Waals surface area contributed by atoms with Crippen LogP contribution in [0.4, 0.5) is 0 Å². The van der Waals surface area contributed by atoms with Crippen LogP contribution in [0.1, 0.15) is 20.3 Å². The first kappa shape index (κ1) is 12.6. The van der Waals surface area contributed by atoms with E-state index < -0.39 is 0 Å². The molecule has 0 spiro atoms. The summed E-state index contributed by atoms with van der Waals surface area (Å²) in [7, 11) is 0. The highest BCUT2D eigenvalue weighted by molar-refractivity contribution is 5.54. The van der Waals surface area contributed by atoms with E-state index in [1.807, 2.05) is 30.3 Å². The van der Waals surface area contributed by atoms with Gasteiger partial charge < -0.3 is 4.74 Å². The Kier molecular flexibility index (Phi) is 4.29. The van der Waals surface area contributed by atoms with E-state index in [4.69, 9.17) is 4.74 Å². The highest BCUT2D eigenvalue weighted by Crippen LogP contribution is 2.16. The Balaban J connectivity index is 2.06. The van der Waals surface area contributed by atoms with Crippen LogP contribution < -0.4 is 4.74 Å². The van der Waals surface area contributed by atoms with Crippen LogP contribution in [0, 0.1) is 5.92 Å². The molecule has 0 atom stereocenters. The molecular formula is C15H18N2O. The second-order valence-corrected chi connectivity index (χ2v) is 4.62. The topological polar surface area (TPSA) is 35.0 Å². The first-order valence-electron chi connectivity index (χ1n) is 6.27. The average Bonchev–Trinajstić information content (AvgIpc) is 2.40. The van der Waals surface area contributed by atoms with Crippen LogP contribution in [0.25, 0.3) is 11.4 Å². The van der Waals surface area contributed by atoms with Crippen LogP contribution in [0.2, 0.25) is 0 Å². The lowest BCUT2D eigenvalue weighted by atomic mass is 10.1. The van der Waals surface area contributed by atoms with Gasteiger partial charge in [-0.15, -0.1) is 0 Å². The van der Waals surface area contributed by atoms with Crippen molar-refractivity contribution in [3.8, 4) is 17.3 Å². The van der Waals surface area contributed by atoms with Crippen LogP contribution in [-0.4, -0.2) is 16.6 Å². The summed E-state index contributed by atoms with van der Waals surface area (Å²) in [6.07, 6.45) is 2.77. The third-order valence-corrected chi connectivity index (χ3v) is 2.61. The molecule has 0 aliphatic heterocycles. The van der Waals surface area contributed by atoms with Crippen molar-refractivity contribution < 1.29 is 4.74 Å². The van der Waals surface area contributed by atoms with Gasteiger partial charge in [-0.05, 0) is 12.3 Å². The van der Waals surface area contributed by atoms with Crippen LogP contribution in [-0.2, 0) is 0 Å². The number of ether oxygens (including phenoxy) is 1. The van der Waals surface area contributed by atoms with Crippen molar-refractivity contribution >= 4 is 0 Å². The summed E-state index contributed by atoms with van der Waals surface area (Å²) in [6.45, 7) is 5.06. The second-order valence-electron chi connectivity index (χ2n) is 4.62. The van der Waals surface area contributed by atoms with Gasteiger partial charge in [0.1, 0.15) is 0 Å². The summed E-state index contributed by atoms with van der Waals surface area (Å²) in [6, 6.07) is 11.7. The van der Waals surface area contributed by atoms with E-state index in [0.29, 0.717) is 24.2 Å². The maximum atomic E-state index is 5.63. The molecule has 0 bridgehead atoms. The molecule has 1 aromatic heterocycles. The van der Waals surface area contributed by atoms with Crippen molar-refractivity contribution in [2.45, 2.75) is 20.3 Å². The third kappa shape index (κ3) is 3.55. The Hall–Kier alpha value is -1.90. The van der Waals surface area contributed by atoms with Gasteiger partial charge in [0.15, 0.2) is 5.82 Å². The smallest absolute Gasteiger partial charge is 0.216 e. The largest absolute Gasteiger partial charge is 0.478 e. The van der Waals surface area contributed by atoms with Crippen LogP contribution >= 0.6 is 0 Å². The van der Waals surface area contributed by atoms with Gasteiger partial charge in [0.25, 0.3) is 0 Å². The maximum absolute atomic E-state index is 5.63. The molecule has 18 heavy (non-hydrogen) atoms. The Bertz CT molecular complexity index is 483. The first-order chi connectivity index (χ1) is 8.75. The normalized spacial score (nSPS) is 10.6. The zero-order chi connectivity index (χ0) is 12.8. The van der Waals surface area contributed by atoms with E-state index in [1.54, 1.807) is 12.3 Å². The molecule has 1 heterocycles. The minimum atomic E-state index is 0.639. The molecule has 0 amide bonds. The molecule has 0 saturated heterocycles. The van der Waals surface area contributed by atoms with E-state index in [1.165, 1.54) is 0 Å². The fraction of sp³-hybridized carbons (Fsp3) is 0.333. The van der Waals surface area contributed by atoms with Crippen LogP contribution in [0.3, 0.4) is 0 Å². The molecular weight excluding hydrogens is 224 g/mol. The fourth-order valence-corrected chi connectivity index (χ4v) is 1.55. The second kappa shape index (κ2) is 6.15. The van der Waals surface area contributed by atoms with Gasteiger partial charge in [0, 0.05) is 17.8 Å². The van der Waals surface area contributed by atoms with E-state index in [9.17, 15) is 0 Å². The number of hydrogen-bond donors (Lipinski definition) is 0. The van der Waals surface area contributed by atoms with Crippen molar-refractivity contribution in [1.29, 1.82) is 0 Å². The molecule has 3 heteroatoms. The third-order valence-electron chi connectivity index (χ3n) is 2.61. The highest BCUT2D eigenvalue weighted by atomic mass is 16.5. The summed E-state index contributed by atoms with van der Waals surface area (Å²) >= 11 is 0. The average molecular weight is 242 g/mol. The Labute approximate surface area is 108 Å². The Morgan fingerprint density at radius 1 is 1.11 bits per heavy atom. The van der Waals surface area contributed by atoms with Gasteiger partial charge in [-0.25, -0.2) is 4.98 Å². The van der Waals surface area contributed by atoms with Gasteiger partial charge in [-0.3, -0.25) is 0 Å². The zero-order valence-electron chi connectivity index (χ0n) is 10.8. The molecule has 3 nitrogen and oxygen atoms in total. The summed E-state index contributed by atoms with van der Waals surface area (Å²) in [5.74, 6) is 1.99. The molecule has 0 N–H and O–H groups in total. The molecule has 2 rings (SSSR count). The minimum Gasteiger partial charge on any atom is -0.478 e. The quantitative estimate of drug-likeness (QED) is 0.804. The Morgan fingerprint density at radius 3 is 2.61 bits per heavy atom. The van der Waals surface area contributed by atoms with Gasteiger partial charge in [-0.1, -0.05) is 44.2 Å². The predicted molar refractivity (Wildman–Crippen MR) is 72.4 cm³/mol. The molecule has 2 aromatic rings. The number of rotatable bonds is 5. The number of hydrogen-bond acceptors (Lipinski definition) is 3. The maximum Gasteiger partial charge on any atom is 0.216 e. The number of aromatic nitrogens is 2. The predicted octanol–water partition coefficient (Wildman–Crippen LogP) is 3.57. The van der Waals surface area contributed by atoms with Crippen molar-refractivity contribution in [1.82, 2.24) is 9.97 Å². The minimum absolute atomic E-state index is 0.639. The summed E-state index contributed by atoms with van der Waals surface area (Å²) < 4.78 is 5.63. The molecule has 0 fully saturated rings. The van der Waals surface area contributed by atoms with Gasteiger partial charge in [0.2, 0.25) is 5.88 Å². The standard InChI is InChI=1S/C15H18N2O/c1-12(2)9-11-18-14-8-10-16-15(17-14)13-6-4-3-5-7-13/h3-8,10,12H,9,11H2,1-2H3. The lowest BCUT2D eigenvalue weighted by Crippen LogP contribution is -2.03. The monoisotopic (exact) mass is 242 g/mol. The SMILES string of the molecule is CC(C)CCOc1ccnc(-c2ccccc2)n1. The first-order valence-corrected chi connectivity index (χ1v) is 6.27. The highest BCUT2D eigenvalue weighted by Gasteiger charge is 2.03. The summed E-state index contributed by atoms with van der Waals surface area (Å²) in [4.78, 5) is 8.67. The fourth-order valence-electron chi connectivity index (χ4n) is 1.55. The lowest BCUT2D eigenvalue weighted by molar-refractivity contribution is 0.279. The van der Waals surface area contributed by atoms with Crippen LogP contribution in [0.15, 0.2) is 42.6 Å². The van der Waals surface area contributed by atoms with Crippen molar-refractivity contribution in [2.75, 3.05) is 6.61 Å². The van der Waals surface area contributed by atoms with Crippen molar-refractivity contribution in [3.05, 3.63) is 42.6 Å². The number of nitrogens with zero attached hydrogens (tertiary/aromatic N) is 2. The van der Waals surface area contributed by atoms with E-state index in [2.05, 4.69) is 23.8 Å². The molecule has 0 saturated carbocycles. The molecule has 94 valence electrons. The summed E-state index contributed by atoms with van der Waals surface area (Å²) in [5, 5.41) is 0. The van der Waals surface area contributed by atoms with Gasteiger partial charge in [-0.2, -0.15) is 4.98 Å². The summed E-state index contributed by atoms with van der Waals surface area (Å²) in [5.41, 5.74) is 1.01. The lowest BCUT2D eigenvalue weighted by Gasteiger charge is -2.08. The molecule has 1 aromatic carbocycles. The molecule has 0 radical (unpaired) electrons. The van der Waals surface area contributed by atoms with Crippen LogP contribution in [0.5, 0.6) is 5.88 Å². The van der Waals surface area contributed by atoms with E-state index in [0.717, 1.165) is 12.0 Å². The zero-order valence-corrected chi connectivity index (χ0v) is 10.8. The van der Waals surface area contributed by atoms with Gasteiger partial charge in [0.05, 0.1) is 6.61 Å². The Morgan fingerprint density at radius 2 is 1.89 bits per heavy atom. The number of benzene rings is 1. The van der Waals surface area contributed by atoms with E-state index >= 15 is 0 Å². The molecule has 0 unspecified atom stereocenters. The molecule has 0 aliphatic carbocycles. The van der Waals surface area contributed by atoms with Crippen molar-refractivity contribution in [3.63, 3.8) is 0 Å². The van der Waals surface area contributed by atoms with Gasteiger partial charge >= 0.3 is 0 Å². The van der Waals surface area contributed by atoms with Crippen molar-refractivity contribution in [2.24, 2.45) is 5.92 Å². The molecule has 0 aliphatic rings. The van der Waals surface area contributed by atoms with E-state index in [-0.39, 0.29) is 0 Å².